The van der Waals surface area contributed by atoms with Gasteiger partial charge in [0.1, 0.15) is 11.5 Å². The molecule has 0 saturated carbocycles. The molecule has 1 heterocycles. The third kappa shape index (κ3) is 4.78. The number of hydrogen-bond donors (Lipinski definition) is 2. The van der Waals surface area contributed by atoms with Gasteiger partial charge in [0.05, 0.1) is 14.2 Å². The van der Waals surface area contributed by atoms with Crippen LogP contribution in [0.25, 0.3) is 0 Å². The number of nitrogens with two attached hydrogens (primary N) is 1. The van der Waals surface area contributed by atoms with Gasteiger partial charge in [-0.25, -0.2) is 0 Å². The van der Waals surface area contributed by atoms with Crippen molar-refractivity contribution in [3.8, 4) is 11.5 Å². The predicted molar refractivity (Wildman–Crippen MR) is 87.8 cm³/mol. The second-order valence-electron chi connectivity index (χ2n) is 4.15. The molecule has 1 amide bonds. The van der Waals surface area contributed by atoms with Crippen LogP contribution in [0.15, 0.2) is 22.5 Å². The number of methoxy groups -OCH3 is 2. The highest BCUT2D eigenvalue weighted by atomic mass is 32.2. The molecule has 0 saturated heterocycles. The number of nitrogens with one attached hydrogen (secondary N) is 1. The van der Waals surface area contributed by atoms with E-state index in [-0.39, 0.29) is 5.91 Å². The predicted octanol–water partition coefficient (Wildman–Crippen LogP) is 2.26. The van der Waals surface area contributed by atoms with E-state index in [1.807, 2.05) is 0 Å². The molecule has 0 aliphatic rings. The summed E-state index contributed by atoms with van der Waals surface area (Å²) in [5.41, 5.74) is 6.13. The topological polar surface area (TPSA) is 99.4 Å². The third-order valence-corrected chi connectivity index (χ3v) is 4.50. The molecule has 1 aromatic carbocycles. The Hall–Kier alpha value is -2.00. The van der Waals surface area contributed by atoms with Crippen molar-refractivity contribution in [1.82, 2.24) is 10.2 Å². The summed E-state index contributed by atoms with van der Waals surface area (Å²) in [7, 11) is 3.12. The van der Waals surface area contributed by atoms with Gasteiger partial charge in [0.15, 0.2) is 4.34 Å². The summed E-state index contributed by atoms with van der Waals surface area (Å²) in [5.74, 6) is 1.74. The van der Waals surface area contributed by atoms with Gasteiger partial charge in [-0.3, -0.25) is 4.79 Å². The molecule has 0 atom stereocenters. The SMILES string of the molecule is COc1cc(NC(=O)CCSc2nnc(N)s2)cc(OC)c1. The second-order valence-corrected chi connectivity index (χ2v) is 6.51. The van der Waals surface area contributed by atoms with Gasteiger partial charge in [0, 0.05) is 36.1 Å². The molecule has 0 radical (unpaired) electrons. The Balaban J connectivity index is 1.86. The first kappa shape index (κ1) is 16.4. The molecule has 1 aromatic heterocycles. The number of ether oxygens (including phenoxy) is 2. The fourth-order valence-corrected chi connectivity index (χ4v) is 3.26. The summed E-state index contributed by atoms with van der Waals surface area (Å²) in [5, 5.41) is 10.8. The molecule has 9 heteroatoms. The first-order valence-electron chi connectivity index (χ1n) is 6.35. The van der Waals surface area contributed by atoms with E-state index in [0.29, 0.717) is 34.5 Å². The first-order valence-corrected chi connectivity index (χ1v) is 8.15. The number of carbonyl (C=O) groups is 1. The van der Waals surface area contributed by atoms with Gasteiger partial charge in [-0.15, -0.1) is 10.2 Å². The van der Waals surface area contributed by atoms with E-state index >= 15 is 0 Å². The molecule has 0 unspecified atom stereocenters. The van der Waals surface area contributed by atoms with Gasteiger partial charge in [0.25, 0.3) is 0 Å². The lowest BCUT2D eigenvalue weighted by atomic mass is 10.2. The average Bonchev–Trinajstić information content (AvgIpc) is 2.92. The number of anilines is 2. The Morgan fingerprint density at radius 1 is 1.27 bits per heavy atom. The van der Waals surface area contributed by atoms with Crippen molar-refractivity contribution in [3.63, 3.8) is 0 Å². The number of benzene rings is 1. The highest BCUT2D eigenvalue weighted by Gasteiger charge is 2.08. The number of rotatable bonds is 7. The van der Waals surface area contributed by atoms with Gasteiger partial charge in [-0.1, -0.05) is 23.1 Å². The standard InChI is InChI=1S/C13H16N4O3S2/c1-19-9-5-8(6-10(7-9)20-2)15-11(18)3-4-21-13-17-16-12(14)22-13/h5-7H,3-4H2,1-2H3,(H2,14,16)(H,15,18). The molecule has 0 fully saturated rings. The number of nitrogens with zero attached hydrogens (tertiary/aromatic N) is 2. The van der Waals surface area contributed by atoms with Crippen molar-refractivity contribution in [1.29, 1.82) is 0 Å². The van der Waals surface area contributed by atoms with Crippen LogP contribution in [-0.4, -0.2) is 36.1 Å². The monoisotopic (exact) mass is 340 g/mol. The Morgan fingerprint density at radius 2 is 1.95 bits per heavy atom. The molecule has 7 nitrogen and oxygen atoms in total. The minimum atomic E-state index is -0.0970. The van der Waals surface area contributed by atoms with Crippen molar-refractivity contribution in [3.05, 3.63) is 18.2 Å². The third-order valence-electron chi connectivity index (χ3n) is 2.61. The van der Waals surface area contributed by atoms with Crippen molar-refractivity contribution < 1.29 is 14.3 Å². The van der Waals surface area contributed by atoms with Crippen LogP contribution in [0.4, 0.5) is 10.8 Å². The van der Waals surface area contributed by atoms with E-state index in [0.717, 1.165) is 4.34 Å². The number of aromatic nitrogens is 2. The van der Waals surface area contributed by atoms with E-state index in [4.69, 9.17) is 15.2 Å². The lowest BCUT2D eigenvalue weighted by Crippen LogP contribution is -2.12. The molecule has 0 bridgehead atoms. The lowest BCUT2D eigenvalue weighted by molar-refractivity contribution is -0.115. The van der Waals surface area contributed by atoms with Crippen LogP contribution in [0, 0.1) is 0 Å². The number of carbonyl (C=O) groups excluding carboxylic acids is 1. The average molecular weight is 340 g/mol. The van der Waals surface area contributed by atoms with E-state index in [1.165, 1.54) is 23.1 Å². The number of amides is 1. The summed E-state index contributed by atoms with van der Waals surface area (Å²) >= 11 is 2.76. The van der Waals surface area contributed by atoms with Gasteiger partial charge in [-0.05, 0) is 0 Å². The van der Waals surface area contributed by atoms with Crippen LogP contribution in [0.1, 0.15) is 6.42 Å². The number of hydrogen-bond acceptors (Lipinski definition) is 8. The minimum Gasteiger partial charge on any atom is -0.497 e. The Labute approximate surface area is 136 Å². The molecule has 0 aliphatic heterocycles. The Bertz CT molecular complexity index is 626. The maximum absolute atomic E-state index is 11.9. The van der Waals surface area contributed by atoms with Crippen molar-refractivity contribution >= 4 is 39.8 Å². The van der Waals surface area contributed by atoms with Crippen LogP contribution in [0.2, 0.25) is 0 Å². The van der Waals surface area contributed by atoms with Crippen LogP contribution in [0.3, 0.4) is 0 Å². The molecule has 3 N–H and O–H groups in total. The van der Waals surface area contributed by atoms with E-state index < -0.39 is 0 Å². The summed E-state index contributed by atoms with van der Waals surface area (Å²) < 4.78 is 11.1. The molecule has 118 valence electrons. The van der Waals surface area contributed by atoms with Gasteiger partial charge < -0.3 is 20.5 Å². The zero-order valence-electron chi connectivity index (χ0n) is 12.2. The normalized spacial score (nSPS) is 10.3. The molecule has 22 heavy (non-hydrogen) atoms. The minimum absolute atomic E-state index is 0.0970. The lowest BCUT2D eigenvalue weighted by Gasteiger charge is -2.09. The van der Waals surface area contributed by atoms with Crippen molar-refractivity contribution in [2.75, 3.05) is 31.0 Å². The van der Waals surface area contributed by atoms with Gasteiger partial charge in [-0.2, -0.15) is 0 Å². The summed E-state index contributed by atoms with van der Waals surface area (Å²) in [4.78, 5) is 11.9. The molecule has 2 rings (SSSR count). The van der Waals surface area contributed by atoms with Crippen molar-refractivity contribution in [2.24, 2.45) is 0 Å². The van der Waals surface area contributed by atoms with Gasteiger partial charge in [0.2, 0.25) is 11.0 Å². The summed E-state index contributed by atoms with van der Waals surface area (Å²) in [6.07, 6.45) is 0.351. The highest BCUT2D eigenvalue weighted by molar-refractivity contribution is 8.01. The van der Waals surface area contributed by atoms with E-state index in [1.54, 1.807) is 32.4 Å². The smallest absolute Gasteiger partial charge is 0.225 e. The number of nitrogen functional groups attached to an aromatic ring is 1. The Morgan fingerprint density at radius 3 is 2.50 bits per heavy atom. The van der Waals surface area contributed by atoms with Gasteiger partial charge >= 0.3 is 0 Å². The zero-order chi connectivity index (χ0) is 15.9. The molecule has 0 spiro atoms. The number of thioether (sulfide) groups is 1. The van der Waals surface area contributed by atoms with Crippen LogP contribution in [0.5, 0.6) is 11.5 Å². The highest BCUT2D eigenvalue weighted by Crippen LogP contribution is 2.26. The largest absolute Gasteiger partial charge is 0.497 e. The first-order chi connectivity index (χ1) is 10.6. The van der Waals surface area contributed by atoms with Crippen LogP contribution >= 0.6 is 23.1 Å². The van der Waals surface area contributed by atoms with E-state index in [2.05, 4.69) is 15.5 Å². The molecular formula is C13H16N4O3S2. The van der Waals surface area contributed by atoms with E-state index in [9.17, 15) is 4.79 Å². The quantitative estimate of drug-likeness (QED) is 0.746. The fraction of sp³-hybridized carbons (Fsp3) is 0.308. The fourth-order valence-electron chi connectivity index (χ4n) is 1.61. The maximum atomic E-state index is 11.9. The van der Waals surface area contributed by atoms with Crippen LogP contribution in [-0.2, 0) is 4.79 Å². The molecular weight excluding hydrogens is 324 g/mol. The maximum Gasteiger partial charge on any atom is 0.225 e. The summed E-state index contributed by atoms with van der Waals surface area (Å²) in [6.45, 7) is 0. The molecule has 2 aromatic rings. The van der Waals surface area contributed by atoms with Crippen LogP contribution < -0.4 is 20.5 Å². The Kier molecular flexibility index (Phi) is 5.84. The molecule has 0 aliphatic carbocycles. The second kappa shape index (κ2) is 7.85. The summed E-state index contributed by atoms with van der Waals surface area (Å²) in [6, 6.07) is 5.21. The zero-order valence-corrected chi connectivity index (χ0v) is 13.8. The van der Waals surface area contributed by atoms with Crippen molar-refractivity contribution in [2.45, 2.75) is 10.8 Å².